The number of nitrogens with one attached hydrogen (secondary N) is 1. The van der Waals surface area contributed by atoms with Gasteiger partial charge in [0.2, 0.25) is 0 Å². The van der Waals surface area contributed by atoms with E-state index in [4.69, 9.17) is 15.0 Å². The standard InChI is InChI=1S/C5H9NO2.C2H4O2/c7-5(8)4-2-1-3-6-4;1-2(3)4/h4,6H,1-3H2,(H,7,8);1H3,(H,3,4). The fourth-order valence-electron chi connectivity index (χ4n) is 0.895. The van der Waals surface area contributed by atoms with E-state index in [-0.39, 0.29) is 6.04 Å². The third-order valence-corrected chi connectivity index (χ3v) is 1.36. The summed E-state index contributed by atoms with van der Waals surface area (Å²) in [5, 5.41) is 18.6. The molecule has 3 N–H and O–H groups in total. The zero-order chi connectivity index (χ0) is 9.56. The number of hydrogen-bond donors (Lipinski definition) is 3. The molecule has 0 saturated carbocycles. The van der Waals surface area contributed by atoms with Crippen molar-refractivity contribution in [3.8, 4) is 0 Å². The van der Waals surface area contributed by atoms with Gasteiger partial charge in [0.1, 0.15) is 6.04 Å². The monoisotopic (exact) mass is 175 g/mol. The molecule has 5 nitrogen and oxygen atoms in total. The van der Waals surface area contributed by atoms with Gasteiger partial charge in [0.05, 0.1) is 0 Å². The third kappa shape index (κ3) is 5.67. The third-order valence-electron chi connectivity index (χ3n) is 1.36. The van der Waals surface area contributed by atoms with E-state index in [0.29, 0.717) is 0 Å². The van der Waals surface area contributed by atoms with Gasteiger partial charge in [0, 0.05) is 6.92 Å². The molecule has 0 spiro atoms. The molecule has 1 saturated heterocycles. The average Bonchev–Trinajstić information content (AvgIpc) is 2.34. The summed E-state index contributed by atoms with van der Waals surface area (Å²) in [6, 6.07) is -0.269. The summed E-state index contributed by atoms with van der Waals surface area (Å²) < 4.78 is 0. The molecule has 1 fully saturated rings. The van der Waals surface area contributed by atoms with Gasteiger partial charge in [0.15, 0.2) is 0 Å². The van der Waals surface area contributed by atoms with Gasteiger partial charge in [-0.1, -0.05) is 0 Å². The first-order valence-corrected chi connectivity index (χ1v) is 3.69. The van der Waals surface area contributed by atoms with Crippen molar-refractivity contribution in [3.63, 3.8) is 0 Å². The van der Waals surface area contributed by atoms with E-state index >= 15 is 0 Å². The van der Waals surface area contributed by atoms with Crippen LogP contribution in [0.4, 0.5) is 0 Å². The van der Waals surface area contributed by atoms with E-state index < -0.39 is 11.9 Å². The smallest absolute Gasteiger partial charge is 0.320 e. The molecule has 1 unspecified atom stereocenters. The van der Waals surface area contributed by atoms with E-state index in [0.717, 1.165) is 26.3 Å². The second-order valence-electron chi connectivity index (χ2n) is 2.51. The van der Waals surface area contributed by atoms with Gasteiger partial charge < -0.3 is 15.5 Å². The molecule has 0 bridgehead atoms. The Labute approximate surface area is 70.4 Å². The number of carboxylic acid groups (broad SMARTS) is 2. The number of rotatable bonds is 1. The Kier molecular flexibility index (Phi) is 5.03. The average molecular weight is 175 g/mol. The molecule has 0 aromatic carbocycles. The fourth-order valence-corrected chi connectivity index (χ4v) is 0.895. The molecule has 70 valence electrons. The summed E-state index contributed by atoms with van der Waals surface area (Å²) in [7, 11) is 0. The minimum Gasteiger partial charge on any atom is -0.481 e. The van der Waals surface area contributed by atoms with Crippen LogP contribution in [0.25, 0.3) is 0 Å². The molecular formula is C7H13NO4. The van der Waals surface area contributed by atoms with Crippen molar-refractivity contribution in [3.05, 3.63) is 0 Å². The van der Waals surface area contributed by atoms with E-state index in [1.165, 1.54) is 0 Å². The Morgan fingerprint density at radius 3 is 2.08 bits per heavy atom. The van der Waals surface area contributed by atoms with Crippen molar-refractivity contribution in [2.75, 3.05) is 6.54 Å². The topological polar surface area (TPSA) is 86.6 Å². The van der Waals surface area contributed by atoms with Crippen LogP contribution in [0.1, 0.15) is 19.8 Å². The van der Waals surface area contributed by atoms with Crippen molar-refractivity contribution in [1.29, 1.82) is 0 Å². The quantitative estimate of drug-likeness (QED) is 0.518. The van der Waals surface area contributed by atoms with Crippen LogP contribution in [0.15, 0.2) is 0 Å². The van der Waals surface area contributed by atoms with Gasteiger partial charge in [-0.05, 0) is 19.4 Å². The number of hydrogen-bond acceptors (Lipinski definition) is 3. The van der Waals surface area contributed by atoms with Crippen LogP contribution in [-0.4, -0.2) is 34.7 Å². The summed E-state index contributed by atoms with van der Waals surface area (Å²) in [6.07, 6.45) is 1.78. The van der Waals surface area contributed by atoms with Crippen LogP contribution in [-0.2, 0) is 9.59 Å². The maximum atomic E-state index is 10.1. The highest BCUT2D eigenvalue weighted by Gasteiger charge is 2.20. The Balaban J connectivity index is 0.000000261. The lowest BCUT2D eigenvalue weighted by Crippen LogP contribution is -2.29. The molecule has 0 radical (unpaired) electrons. The molecule has 0 aromatic rings. The van der Waals surface area contributed by atoms with Crippen LogP contribution < -0.4 is 5.32 Å². The van der Waals surface area contributed by atoms with Gasteiger partial charge in [-0.15, -0.1) is 0 Å². The fraction of sp³-hybridized carbons (Fsp3) is 0.714. The lowest BCUT2D eigenvalue weighted by molar-refractivity contribution is -0.139. The van der Waals surface area contributed by atoms with E-state index in [1.54, 1.807) is 0 Å². The molecule has 1 rings (SSSR count). The van der Waals surface area contributed by atoms with Crippen molar-refractivity contribution in [2.24, 2.45) is 0 Å². The molecule has 1 atom stereocenters. The largest absolute Gasteiger partial charge is 0.481 e. The maximum Gasteiger partial charge on any atom is 0.320 e. The molecule has 1 aliphatic heterocycles. The normalized spacial score (nSPS) is 20.9. The Morgan fingerprint density at radius 2 is 1.92 bits per heavy atom. The highest BCUT2D eigenvalue weighted by atomic mass is 16.4. The first-order valence-electron chi connectivity index (χ1n) is 3.69. The summed E-state index contributed by atoms with van der Waals surface area (Å²) in [6.45, 7) is 1.94. The minimum absolute atomic E-state index is 0.269. The van der Waals surface area contributed by atoms with Crippen molar-refractivity contribution >= 4 is 11.9 Å². The van der Waals surface area contributed by atoms with Crippen molar-refractivity contribution in [1.82, 2.24) is 5.32 Å². The van der Waals surface area contributed by atoms with Crippen LogP contribution in [0.2, 0.25) is 0 Å². The molecular weight excluding hydrogens is 162 g/mol. The Bertz CT molecular complexity index is 159. The maximum absolute atomic E-state index is 10.1. The van der Waals surface area contributed by atoms with Gasteiger partial charge >= 0.3 is 5.97 Å². The van der Waals surface area contributed by atoms with Crippen LogP contribution in [0.3, 0.4) is 0 Å². The summed E-state index contributed by atoms with van der Waals surface area (Å²) >= 11 is 0. The Hall–Kier alpha value is -1.10. The summed E-state index contributed by atoms with van der Waals surface area (Å²) in [5.74, 6) is -1.55. The SMILES string of the molecule is CC(=O)O.O=C(O)C1CCCN1. The molecule has 0 amide bonds. The molecule has 1 aliphatic rings. The molecule has 5 heteroatoms. The second-order valence-corrected chi connectivity index (χ2v) is 2.51. The number of carbonyl (C=O) groups is 2. The van der Waals surface area contributed by atoms with Gasteiger partial charge in [-0.3, -0.25) is 9.59 Å². The van der Waals surface area contributed by atoms with E-state index in [1.807, 2.05) is 0 Å². The zero-order valence-electron chi connectivity index (χ0n) is 6.91. The van der Waals surface area contributed by atoms with Gasteiger partial charge in [0.25, 0.3) is 5.97 Å². The van der Waals surface area contributed by atoms with Gasteiger partial charge in [-0.25, -0.2) is 0 Å². The lowest BCUT2D eigenvalue weighted by Gasteiger charge is -1.99. The Morgan fingerprint density at radius 1 is 1.42 bits per heavy atom. The lowest BCUT2D eigenvalue weighted by atomic mass is 10.2. The number of carboxylic acids is 2. The number of aliphatic carboxylic acids is 2. The highest BCUT2D eigenvalue weighted by Crippen LogP contribution is 2.03. The van der Waals surface area contributed by atoms with Crippen LogP contribution in [0, 0.1) is 0 Å². The first kappa shape index (κ1) is 10.9. The van der Waals surface area contributed by atoms with Crippen molar-refractivity contribution in [2.45, 2.75) is 25.8 Å². The first-order chi connectivity index (χ1) is 5.54. The van der Waals surface area contributed by atoms with Crippen LogP contribution in [0.5, 0.6) is 0 Å². The predicted molar refractivity (Wildman–Crippen MR) is 42.0 cm³/mol. The molecule has 0 aliphatic carbocycles. The molecule has 1 heterocycles. The van der Waals surface area contributed by atoms with E-state index in [2.05, 4.69) is 5.32 Å². The zero-order valence-corrected chi connectivity index (χ0v) is 6.91. The predicted octanol–water partition coefficient (Wildman–Crippen LogP) is -0.0861. The molecule has 0 aromatic heterocycles. The second kappa shape index (κ2) is 5.54. The summed E-state index contributed by atoms with van der Waals surface area (Å²) in [5.41, 5.74) is 0. The minimum atomic E-state index is -0.833. The highest BCUT2D eigenvalue weighted by molar-refractivity contribution is 5.73. The van der Waals surface area contributed by atoms with E-state index in [9.17, 15) is 4.79 Å². The molecule has 12 heavy (non-hydrogen) atoms. The summed E-state index contributed by atoms with van der Waals surface area (Å²) in [4.78, 5) is 19.1. The van der Waals surface area contributed by atoms with Crippen LogP contribution >= 0.6 is 0 Å². The van der Waals surface area contributed by atoms with Gasteiger partial charge in [-0.2, -0.15) is 0 Å². The van der Waals surface area contributed by atoms with Crippen molar-refractivity contribution < 1.29 is 19.8 Å².